The van der Waals surface area contributed by atoms with E-state index in [9.17, 15) is 0 Å². The Bertz CT molecular complexity index is 256. The van der Waals surface area contributed by atoms with Crippen molar-refractivity contribution in [1.29, 1.82) is 0 Å². The van der Waals surface area contributed by atoms with E-state index in [0.717, 1.165) is 24.4 Å². The van der Waals surface area contributed by atoms with Gasteiger partial charge in [-0.1, -0.05) is 13.8 Å². The highest BCUT2D eigenvalue weighted by molar-refractivity contribution is 5.39. The quantitative estimate of drug-likeness (QED) is 0.771. The van der Waals surface area contributed by atoms with E-state index >= 15 is 0 Å². The van der Waals surface area contributed by atoms with E-state index in [4.69, 9.17) is 0 Å². The zero-order chi connectivity index (χ0) is 9.68. The molecule has 1 aromatic rings. The molecule has 0 amide bonds. The van der Waals surface area contributed by atoms with Gasteiger partial charge in [-0.3, -0.25) is 4.98 Å². The fourth-order valence-electron chi connectivity index (χ4n) is 1.24. The minimum absolute atomic E-state index is 0.510. The summed E-state index contributed by atoms with van der Waals surface area (Å²) in [5.41, 5.74) is 0.967. The predicted octanol–water partition coefficient (Wildman–Crippen LogP) is 2.39. The van der Waals surface area contributed by atoms with Gasteiger partial charge in [-0.2, -0.15) is 0 Å². The Kier molecular flexibility index (Phi) is 3.68. The maximum absolute atomic E-state index is 4.24. The summed E-state index contributed by atoms with van der Waals surface area (Å²) in [5, 5.41) is 3.37. The molecule has 0 fully saturated rings. The number of nitrogens with zero attached hydrogens (tertiary/aromatic N) is 2. The van der Waals surface area contributed by atoms with Crippen LogP contribution in [0, 0.1) is 6.92 Å². The molecular formula is C10H17N3. The number of aromatic nitrogens is 2. The normalized spacial score (nSPS) is 10.5. The Morgan fingerprint density at radius 2 is 1.85 bits per heavy atom. The number of hydrogen-bond acceptors (Lipinski definition) is 3. The highest BCUT2D eigenvalue weighted by Gasteiger charge is 2.05. The van der Waals surface area contributed by atoms with Crippen LogP contribution >= 0.6 is 0 Å². The molecule has 0 aromatic carbocycles. The molecule has 0 radical (unpaired) electrons. The van der Waals surface area contributed by atoms with Crippen LogP contribution in [-0.2, 0) is 0 Å². The average molecular weight is 179 g/mol. The van der Waals surface area contributed by atoms with Gasteiger partial charge >= 0.3 is 0 Å². The Balaban J connectivity index is 2.67. The summed E-state index contributed by atoms with van der Waals surface area (Å²) >= 11 is 0. The van der Waals surface area contributed by atoms with Gasteiger partial charge in [0.1, 0.15) is 5.82 Å². The summed E-state index contributed by atoms with van der Waals surface area (Å²) < 4.78 is 0. The van der Waals surface area contributed by atoms with Crippen LogP contribution in [0.2, 0.25) is 0 Å². The molecule has 0 saturated carbocycles. The second-order valence-electron chi connectivity index (χ2n) is 3.15. The van der Waals surface area contributed by atoms with Gasteiger partial charge in [0.25, 0.3) is 0 Å². The van der Waals surface area contributed by atoms with Gasteiger partial charge < -0.3 is 5.32 Å². The Morgan fingerprint density at radius 1 is 1.23 bits per heavy atom. The van der Waals surface area contributed by atoms with Gasteiger partial charge in [-0.15, -0.1) is 0 Å². The molecule has 0 atom stereocenters. The van der Waals surface area contributed by atoms with Crippen LogP contribution < -0.4 is 5.32 Å². The van der Waals surface area contributed by atoms with E-state index in [1.807, 2.05) is 6.92 Å². The smallest absolute Gasteiger partial charge is 0.147 e. The molecule has 1 heterocycles. The topological polar surface area (TPSA) is 37.8 Å². The van der Waals surface area contributed by atoms with Gasteiger partial charge in [0.15, 0.2) is 0 Å². The van der Waals surface area contributed by atoms with Crippen molar-refractivity contribution in [2.75, 3.05) is 5.32 Å². The number of aryl methyl sites for hydroxylation is 1. The lowest BCUT2D eigenvalue weighted by Crippen LogP contribution is -2.18. The molecule has 0 bridgehead atoms. The summed E-state index contributed by atoms with van der Waals surface area (Å²) in [7, 11) is 0. The fraction of sp³-hybridized carbons (Fsp3) is 0.600. The van der Waals surface area contributed by atoms with E-state index in [1.165, 1.54) is 0 Å². The lowest BCUT2D eigenvalue weighted by Gasteiger charge is -2.15. The van der Waals surface area contributed by atoms with Crippen LogP contribution in [0.25, 0.3) is 0 Å². The van der Waals surface area contributed by atoms with E-state index in [0.29, 0.717) is 6.04 Å². The lowest BCUT2D eigenvalue weighted by atomic mass is 10.2. The zero-order valence-electron chi connectivity index (χ0n) is 8.54. The Morgan fingerprint density at radius 3 is 2.38 bits per heavy atom. The average Bonchev–Trinajstić information content (AvgIpc) is 2.17. The Labute approximate surface area is 79.6 Å². The van der Waals surface area contributed by atoms with Crippen molar-refractivity contribution in [2.45, 2.75) is 39.7 Å². The van der Waals surface area contributed by atoms with Crippen LogP contribution in [0.3, 0.4) is 0 Å². The van der Waals surface area contributed by atoms with Crippen LogP contribution in [0.4, 0.5) is 5.82 Å². The molecule has 0 spiro atoms. The van der Waals surface area contributed by atoms with Crippen molar-refractivity contribution in [3.05, 3.63) is 18.1 Å². The number of anilines is 1. The standard InChI is InChI=1S/C10H17N3/c1-4-9(5-2)13-10-8(3)11-6-7-12-10/h6-7,9H,4-5H2,1-3H3,(H,12,13). The fourth-order valence-corrected chi connectivity index (χ4v) is 1.24. The van der Waals surface area contributed by atoms with Crippen molar-refractivity contribution in [3.63, 3.8) is 0 Å². The monoisotopic (exact) mass is 179 g/mol. The molecule has 0 unspecified atom stereocenters. The molecule has 72 valence electrons. The lowest BCUT2D eigenvalue weighted by molar-refractivity contribution is 0.667. The minimum atomic E-state index is 0.510. The predicted molar refractivity (Wildman–Crippen MR) is 54.8 cm³/mol. The summed E-state index contributed by atoms with van der Waals surface area (Å²) in [4.78, 5) is 8.42. The van der Waals surface area contributed by atoms with Gasteiger partial charge in [0, 0.05) is 18.4 Å². The number of hydrogen-bond donors (Lipinski definition) is 1. The SMILES string of the molecule is CCC(CC)Nc1nccnc1C. The molecule has 0 aliphatic rings. The third-order valence-electron chi connectivity index (χ3n) is 2.21. The van der Waals surface area contributed by atoms with Crippen LogP contribution in [0.15, 0.2) is 12.4 Å². The second kappa shape index (κ2) is 4.80. The first kappa shape index (κ1) is 9.96. The largest absolute Gasteiger partial charge is 0.366 e. The van der Waals surface area contributed by atoms with Crippen LogP contribution in [-0.4, -0.2) is 16.0 Å². The minimum Gasteiger partial charge on any atom is -0.366 e. The molecule has 3 nitrogen and oxygen atoms in total. The van der Waals surface area contributed by atoms with Crippen LogP contribution in [0.5, 0.6) is 0 Å². The van der Waals surface area contributed by atoms with Crippen LogP contribution in [0.1, 0.15) is 32.4 Å². The maximum atomic E-state index is 4.24. The van der Waals surface area contributed by atoms with Gasteiger partial charge in [-0.05, 0) is 19.8 Å². The van der Waals surface area contributed by atoms with Crippen molar-refractivity contribution in [1.82, 2.24) is 9.97 Å². The van der Waals surface area contributed by atoms with Gasteiger partial charge in [0.2, 0.25) is 0 Å². The maximum Gasteiger partial charge on any atom is 0.147 e. The van der Waals surface area contributed by atoms with E-state index in [2.05, 4.69) is 29.1 Å². The van der Waals surface area contributed by atoms with Crippen molar-refractivity contribution >= 4 is 5.82 Å². The first-order chi connectivity index (χ1) is 6.27. The van der Waals surface area contributed by atoms with Crippen molar-refractivity contribution < 1.29 is 0 Å². The second-order valence-corrected chi connectivity index (χ2v) is 3.15. The number of rotatable bonds is 4. The molecule has 0 aliphatic heterocycles. The van der Waals surface area contributed by atoms with Gasteiger partial charge in [-0.25, -0.2) is 4.98 Å². The van der Waals surface area contributed by atoms with E-state index in [1.54, 1.807) is 12.4 Å². The van der Waals surface area contributed by atoms with Crippen molar-refractivity contribution in [3.8, 4) is 0 Å². The molecule has 3 heteroatoms. The third-order valence-corrected chi connectivity index (χ3v) is 2.21. The zero-order valence-corrected chi connectivity index (χ0v) is 8.54. The highest BCUT2D eigenvalue weighted by atomic mass is 15.0. The summed E-state index contributed by atoms with van der Waals surface area (Å²) in [6.07, 6.45) is 5.67. The molecule has 13 heavy (non-hydrogen) atoms. The highest BCUT2D eigenvalue weighted by Crippen LogP contribution is 2.10. The van der Waals surface area contributed by atoms with Crippen molar-refractivity contribution in [2.24, 2.45) is 0 Å². The molecule has 0 aliphatic carbocycles. The number of nitrogens with one attached hydrogen (secondary N) is 1. The first-order valence-corrected chi connectivity index (χ1v) is 4.82. The molecular weight excluding hydrogens is 162 g/mol. The summed E-state index contributed by atoms with van der Waals surface area (Å²) in [5.74, 6) is 0.913. The first-order valence-electron chi connectivity index (χ1n) is 4.82. The molecule has 1 rings (SSSR count). The molecule has 1 aromatic heterocycles. The molecule has 1 N–H and O–H groups in total. The Hall–Kier alpha value is -1.12. The summed E-state index contributed by atoms with van der Waals surface area (Å²) in [6, 6.07) is 0.510. The van der Waals surface area contributed by atoms with E-state index in [-0.39, 0.29) is 0 Å². The van der Waals surface area contributed by atoms with Gasteiger partial charge in [0.05, 0.1) is 5.69 Å². The van der Waals surface area contributed by atoms with E-state index < -0.39 is 0 Å². The summed E-state index contributed by atoms with van der Waals surface area (Å²) in [6.45, 7) is 6.32. The third kappa shape index (κ3) is 2.68. The molecule has 0 saturated heterocycles.